The van der Waals surface area contributed by atoms with Crippen LogP contribution in [0.5, 0.6) is 0 Å². The maximum atomic E-state index is 11.1. The Hall–Kier alpha value is -1.15. The molecule has 86 valence electrons. The molecule has 0 radical (unpaired) electrons. The first-order chi connectivity index (χ1) is 7.75. The lowest BCUT2D eigenvalue weighted by atomic mass is 9.96. The number of carbonyl (C=O) groups is 1. The van der Waals surface area contributed by atoms with Crippen LogP contribution in [0.3, 0.4) is 0 Å². The fraction of sp³-hybridized carbons (Fsp3) is 0.500. The molecule has 2 rings (SSSR count). The van der Waals surface area contributed by atoms with E-state index in [4.69, 9.17) is 4.74 Å². The van der Waals surface area contributed by atoms with E-state index in [1.807, 2.05) is 18.2 Å². The van der Waals surface area contributed by atoms with E-state index in [0.717, 1.165) is 12.8 Å². The molecule has 1 aliphatic carbocycles. The van der Waals surface area contributed by atoms with E-state index in [0.29, 0.717) is 18.6 Å². The molecule has 0 saturated heterocycles. The van der Waals surface area contributed by atoms with Crippen LogP contribution in [0.25, 0.3) is 0 Å². The number of hydrogen-bond acceptors (Lipinski definition) is 2. The summed E-state index contributed by atoms with van der Waals surface area (Å²) in [5.74, 6) is 0.382. The zero-order chi connectivity index (χ0) is 11.4. The van der Waals surface area contributed by atoms with E-state index < -0.39 is 0 Å². The predicted octanol–water partition coefficient (Wildman–Crippen LogP) is 3.28. The summed E-state index contributed by atoms with van der Waals surface area (Å²) in [6.45, 7) is 2.08. The Labute approximate surface area is 96.6 Å². The molecule has 16 heavy (non-hydrogen) atoms. The van der Waals surface area contributed by atoms with Crippen molar-refractivity contribution in [1.82, 2.24) is 0 Å². The minimum atomic E-state index is 0.124. The van der Waals surface area contributed by atoms with E-state index in [2.05, 4.69) is 19.1 Å². The molecule has 0 N–H and O–H groups in total. The Kier molecular flexibility index (Phi) is 3.73. The van der Waals surface area contributed by atoms with Gasteiger partial charge >= 0.3 is 0 Å². The van der Waals surface area contributed by atoms with Gasteiger partial charge < -0.3 is 4.74 Å². The number of benzene rings is 1. The Morgan fingerprint density at radius 2 is 1.81 bits per heavy atom. The van der Waals surface area contributed by atoms with Gasteiger partial charge in [-0.25, -0.2) is 0 Å². The Morgan fingerprint density at radius 3 is 2.44 bits per heavy atom. The van der Waals surface area contributed by atoms with Crippen molar-refractivity contribution in [3.63, 3.8) is 0 Å². The van der Waals surface area contributed by atoms with Gasteiger partial charge in [-0.2, -0.15) is 0 Å². The van der Waals surface area contributed by atoms with Crippen LogP contribution in [0.1, 0.15) is 44.3 Å². The van der Waals surface area contributed by atoms with E-state index in [1.165, 1.54) is 5.56 Å². The molecular formula is C14H18O2. The summed E-state index contributed by atoms with van der Waals surface area (Å²) in [7, 11) is 0. The number of Topliss-reactive ketones (excluding diaryl/α,β-unsaturated/α-hetero) is 1. The highest BCUT2D eigenvalue weighted by atomic mass is 16.5. The number of ketones is 1. The molecule has 2 nitrogen and oxygen atoms in total. The van der Waals surface area contributed by atoms with Crippen molar-refractivity contribution in [3.05, 3.63) is 35.9 Å². The molecular weight excluding hydrogens is 200 g/mol. The van der Waals surface area contributed by atoms with E-state index in [1.54, 1.807) is 0 Å². The second kappa shape index (κ2) is 5.26. The van der Waals surface area contributed by atoms with Gasteiger partial charge in [-0.15, -0.1) is 0 Å². The maximum absolute atomic E-state index is 11.1. The van der Waals surface area contributed by atoms with Gasteiger partial charge in [0, 0.05) is 12.8 Å². The van der Waals surface area contributed by atoms with Crippen LogP contribution in [0, 0.1) is 0 Å². The van der Waals surface area contributed by atoms with E-state index in [-0.39, 0.29) is 12.2 Å². The van der Waals surface area contributed by atoms with Gasteiger partial charge in [-0.05, 0) is 25.3 Å². The molecule has 1 atom stereocenters. The molecule has 2 heteroatoms. The average Bonchev–Trinajstić information content (AvgIpc) is 2.33. The number of ether oxygens (including phenoxy) is 1. The van der Waals surface area contributed by atoms with Crippen molar-refractivity contribution in [2.45, 2.75) is 44.8 Å². The van der Waals surface area contributed by atoms with Crippen molar-refractivity contribution in [2.24, 2.45) is 0 Å². The molecule has 1 aliphatic rings. The summed E-state index contributed by atoms with van der Waals surface area (Å²) in [6, 6.07) is 10.2. The summed E-state index contributed by atoms with van der Waals surface area (Å²) in [5, 5.41) is 0. The Balaban J connectivity index is 1.88. The first-order valence-electron chi connectivity index (χ1n) is 5.98. The second-order valence-corrected chi connectivity index (χ2v) is 4.43. The van der Waals surface area contributed by atoms with Gasteiger partial charge in [0.05, 0.1) is 12.2 Å². The lowest BCUT2D eigenvalue weighted by molar-refractivity contribution is -0.124. The van der Waals surface area contributed by atoms with Crippen molar-refractivity contribution in [2.75, 3.05) is 0 Å². The molecule has 0 heterocycles. The van der Waals surface area contributed by atoms with Crippen molar-refractivity contribution >= 4 is 5.78 Å². The standard InChI is InChI=1S/C14H18O2/c1-11(12-5-3-2-4-6-12)16-14-9-7-13(15)8-10-14/h2-6,11,14H,7-10H2,1H3. The Morgan fingerprint density at radius 1 is 1.19 bits per heavy atom. The quantitative estimate of drug-likeness (QED) is 0.778. The van der Waals surface area contributed by atoms with Crippen LogP contribution in [-0.4, -0.2) is 11.9 Å². The van der Waals surface area contributed by atoms with Crippen LogP contribution >= 0.6 is 0 Å². The number of hydrogen-bond donors (Lipinski definition) is 0. The number of rotatable bonds is 3. The smallest absolute Gasteiger partial charge is 0.133 e. The van der Waals surface area contributed by atoms with Crippen LogP contribution < -0.4 is 0 Å². The zero-order valence-corrected chi connectivity index (χ0v) is 9.69. The molecule has 0 aliphatic heterocycles. The molecule has 0 aromatic heterocycles. The van der Waals surface area contributed by atoms with Crippen molar-refractivity contribution in [3.8, 4) is 0 Å². The van der Waals surface area contributed by atoms with E-state index in [9.17, 15) is 4.79 Å². The molecule has 1 aromatic rings. The molecule has 0 spiro atoms. The Bertz CT molecular complexity index is 335. The molecule has 0 amide bonds. The molecule has 1 fully saturated rings. The fourth-order valence-electron chi connectivity index (χ4n) is 2.14. The zero-order valence-electron chi connectivity index (χ0n) is 9.69. The molecule has 0 bridgehead atoms. The molecule has 1 saturated carbocycles. The van der Waals surface area contributed by atoms with Gasteiger partial charge in [-0.1, -0.05) is 30.3 Å². The first-order valence-corrected chi connectivity index (χ1v) is 5.98. The minimum absolute atomic E-state index is 0.124. The maximum Gasteiger partial charge on any atom is 0.133 e. The first kappa shape index (κ1) is 11.3. The third kappa shape index (κ3) is 2.92. The highest BCUT2D eigenvalue weighted by molar-refractivity contribution is 5.79. The summed E-state index contributed by atoms with van der Waals surface area (Å²) in [6.07, 6.45) is 3.52. The SMILES string of the molecule is CC(OC1CCC(=O)CC1)c1ccccc1. The highest BCUT2D eigenvalue weighted by Gasteiger charge is 2.21. The van der Waals surface area contributed by atoms with Gasteiger partial charge in [0.25, 0.3) is 0 Å². The molecule has 1 unspecified atom stereocenters. The largest absolute Gasteiger partial charge is 0.371 e. The summed E-state index contributed by atoms with van der Waals surface area (Å²) >= 11 is 0. The summed E-state index contributed by atoms with van der Waals surface area (Å²) in [5.41, 5.74) is 1.21. The van der Waals surface area contributed by atoms with Crippen LogP contribution in [0.2, 0.25) is 0 Å². The monoisotopic (exact) mass is 218 g/mol. The highest BCUT2D eigenvalue weighted by Crippen LogP contribution is 2.25. The second-order valence-electron chi connectivity index (χ2n) is 4.43. The van der Waals surface area contributed by atoms with Crippen molar-refractivity contribution < 1.29 is 9.53 Å². The van der Waals surface area contributed by atoms with Crippen LogP contribution in [0.4, 0.5) is 0 Å². The molecule has 1 aromatic carbocycles. The van der Waals surface area contributed by atoms with Gasteiger partial charge in [0.15, 0.2) is 0 Å². The predicted molar refractivity (Wildman–Crippen MR) is 63.2 cm³/mol. The van der Waals surface area contributed by atoms with Crippen LogP contribution in [-0.2, 0) is 9.53 Å². The topological polar surface area (TPSA) is 26.3 Å². The summed E-state index contributed by atoms with van der Waals surface area (Å²) < 4.78 is 5.97. The van der Waals surface area contributed by atoms with E-state index >= 15 is 0 Å². The van der Waals surface area contributed by atoms with Gasteiger partial charge in [0.1, 0.15) is 5.78 Å². The third-order valence-corrected chi connectivity index (χ3v) is 3.16. The van der Waals surface area contributed by atoms with Crippen molar-refractivity contribution in [1.29, 1.82) is 0 Å². The fourth-order valence-corrected chi connectivity index (χ4v) is 2.14. The minimum Gasteiger partial charge on any atom is -0.371 e. The van der Waals surface area contributed by atoms with Gasteiger partial charge in [0.2, 0.25) is 0 Å². The average molecular weight is 218 g/mol. The lowest BCUT2D eigenvalue weighted by Gasteiger charge is -2.25. The van der Waals surface area contributed by atoms with Gasteiger partial charge in [-0.3, -0.25) is 4.79 Å². The summed E-state index contributed by atoms with van der Waals surface area (Å²) in [4.78, 5) is 11.1. The number of carbonyl (C=O) groups excluding carboxylic acids is 1. The third-order valence-electron chi connectivity index (χ3n) is 3.16. The normalized spacial score (nSPS) is 19.7. The van der Waals surface area contributed by atoms with Crippen LogP contribution in [0.15, 0.2) is 30.3 Å². The lowest BCUT2D eigenvalue weighted by Crippen LogP contribution is -2.22.